The molecule has 1 atom stereocenters. The molecule has 124 valence electrons. The zero-order valence-corrected chi connectivity index (χ0v) is 15.5. The Morgan fingerprint density at radius 3 is 2.87 bits per heavy atom. The fraction of sp³-hybridized carbons (Fsp3) is 0.400. The predicted octanol–water partition coefficient (Wildman–Crippen LogP) is 2.82. The Morgan fingerprint density at radius 2 is 2.17 bits per heavy atom. The Kier molecular flexibility index (Phi) is 6.47. The van der Waals surface area contributed by atoms with E-state index in [4.69, 9.17) is 5.84 Å². The van der Waals surface area contributed by atoms with Gasteiger partial charge in [0.25, 0.3) is 0 Å². The van der Waals surface area contributed by atoms with Gasteiger partial charge in [-0.1, -0.05) is 53.2 Å². The van der Waals surface area contributed by atoms with Crippen molar-refractivity contribution in [2.45, 2.75) is 37.9 Å². The average molecular weight is 398 g/mol. The number of rotatable bonds is 7. The summed E-state index contributed by atoms with van der Waals surface area (Å²) in [5.41, 5.74) is 0.857. The van der Waals surface area contributed by atoms with Crippen LogP contribution in [0.1, 0.15) is 26.7 Å². The average Bonchev–Trinajstić information content (AvgIpc) is 2.87. The molecule has 8 heteroatoms. The van der Waals surface area contributed by atoms with E-state index in [0.29, 0.717) is 11.0 Å². The topological polar surface area (TPSA) is 85.8 Å². The van der Waals surface area contributed by atoms with Gasteiger partial charge < -0.3 is 11.2 Å². The first-order valence-electron chi connectivity index (χ1n) is 7.40. The summed E-state index contributed by atoms with van der Waals surface area (Å²) in [5.74, 6) is 6.85. The highest BCUT2D eigenvalue weighted by Gasteiger charge is 2.15. The minimum atomic E-state index is -0.0265. The molecule has 1 aromatic carbocycles. The quantitative estimate of drug-likeness (QED) is 0.553. The summed E-state index contributed by atoms with van der Waals surface area (Å²) in [5, 5.41) is 11.7. The summed E-state index contributed by atoms with van der Waals surface area (Å²) in [6.07, 6.45) is 2.01. The Morgan fingerprint density at radius 1 is 1.43 bits per heavy atom. The van der Waals surface area contributed by atoms with E-state index < -0.39 is 0 Å². The van der Waals surface area contributed by atoms with Gasteiger partial charge in [0.2, 0.25) is 11.1 Å². The van der Waals surface area contributed by atoms with E-state index in [9.17, 15) is 4.79 Å². The summed E-state index contributed by atoms with van der Waals surface area (Å²) in [7, 11) is 0. The molecule has 6 nitrogen and oxygen atoms in total. The van der Waals surface area contributed by atoms with Crippen LogP contribution in [0, 0.1) is 0 Å². The van der Waals surface area contributed by atoms with Gasteiger partial charge in [-0.05, 0) is 25.5 Å². The van der Waals surface area contributed by atoms with E-state index in [0.717, 1.165) is 22.9 Å². The van der Waals surface area contributed by atoms with Crippen molar-refractivity contribution in [3.8, 4) is 11.4 Å². The first-order valence-corrected chi connectivity index (χ1v) is 9.18. The Hall–Kier alpha value is -1.54. The molecule has 0 saturated carbocycles. The smallest absolute Gasteiger partial charge is 0.230 e. The van der Waals surface area contributed by atoms with Gasteiger partial charge in [-0.2, -0.15) is 0 Å². The minimum absolute atomic E-state index is 0.0265. The number of carbonyl (C=O) groups is 1. The number of nitrogens with two attached hydrogens (primary N) is 1. The fourth-order valence-corrected chi connectivity index (χ4v) is 3.28. The maximum absolute atomic E-state index is 11.9. The highest BCUT2D eigenvalue weighted by atomic mass is 79.9. The van der Waals surface area contributed by atoms with Crippen LogP contribution in [-0.4, -0.2) is 32.6 Å². The Labute approximate surface area is 148 Å². The normalized spacial score (nSPS) is 12.1. The van der Waals surface area contributed by atoms with Crippen molar-refractivity contribution in [2.24, 2.45) is 0 Å². The summed E-state index contributed by atoms with van der Waals surface area (Å²) in [6, 6.07) is 7.83. The molecule has 0 unspecified atom stereocenters. The molecule has 0 bridgehead atoms. The van der Waals surface area contributed by atoms with Crippen molar-refractivity contribution in [1.82, 2.24) is 20.2 Å². The molecule has 1 aromatic heterocycles. The lowest BCUT2D eigenvalue weighted by Gasteiger charge is -2.12. The van der Waals surface area contributed by atoms with Crippen molar-refractivity contribution in [2.75, 3.05) is 11.6 Å². The number of hydrogen-bond donors (Lipinski definition) is 2. The summed E-state index contributed by atoms with van der Waals surface area (Å²) < 4.78 is 2.30. The number of nitrogens with one attached hydrogen (secondary N) is 1. The highest BCUT2D eigenvalue weighted by molar-refractivity contribution is 9.10. The lowest BCUT2D eigenvalue weighted by molar-refractivity contribution is -0.119. The van der Waals surface area contributed by atoms with Gasteiger partial charge in [0, 0.05) is 16.1 Å². The molecule has 0 spiro atoms. The van der Waals surface area contributed by atoms with E-state index in [1.165, 1.54) is 16.4 Å². The highest BCUT2D eigenvalue weighted by Crippen LogP contribution is 2.27. The molecular formula is C15H20BrN5OS. The maximum atomic E-state index is 11.9. The summed E-state index contributed by atoms with van der Waals surface area (Å²) in [4.78, 5) is 11.9. The number of benzene rings is 1. The third kappa shape index (κ3) is 4.71. The van der Waals surface area contributed by atoms with E-state index in [1.54, 1.807) is 0 Å². The van der Waals surface area contributed by atoms with Gasteiger partial charge in [0.15, 0.2) is 5.82 Å². The van der Waals surface area contributed by atoms with Crippen LogP contribution >= 0.6 is 27.7 Å². The summed E-state index contributed by atoms with van der Waals surface area (Å²) in [6.45, 7) is 4.10. The number of halogens is 1. The zero-order chi connectivity index (χ0) is 16.8. The monoisotopic (exact) mass is 397 g/mol. The van der Waals surface area contributed by atoms with Gasteiger partial charge in [-0.25, -0.2) is 4.68 Å². The summed E-state index contributed by atoms with van der Waals surface area (Å²) >= 11 is 4.75. The zero-order valence-electron chi connectivity index (χ0n) is 13.1. The van der Waals surface area contributed by atoms with Crippen LogP contribution < -0.4 is 11.2 Å². The SMILES string of the molecule is CCC[C@H](C)NC(=O)CSc1nnc(-c2ccccc2Br)n1N. The first-order chi connectivity index (χ1) is 11.0. The van der Waals surface area contributed by atoms with Crippen molar-refractivity contribution in [1.29, 1.82) is 0 Å². The largest absolute Gasteiger partial charge is 0.353 e. The van der Waals surface area contributed by atoms with Crippen LogP contribution in [0.15, 0.2) is 33.9 Å². The molecule has 1 heterocycles. The van der Waals surface area contributed by atoms with Crippen molar-refractivity contribution in [3.63, 3.8) is 0 Å². The Balaban J connectivity index is 2.00. The number of nitrogens with zero attached hydrogens (tertiary/aromatic N) is 3. The van der Waals surface area contributed by atoms with Gasteiger partial charge in [-0.15, -0.1) is 10.2 Å². The second-order valence-corrected chi connectivity index (χ2v) is 7.00. The lowest BCUT2D eigenvalue weighted by atomic mass is 10.2. The predicted molar refractivity (Wildman–Crippen MR) is 96.5 cm³/mol. The standard InChI is InChI=1S/C15H20BrN5OS/c1-3-6-10(2)18-13(22)9-23-15-20-19-14(21(15)17)11-7-4-5-8-12(11)16/h4-5,7-8,10H,3,6,9,17H2,1-2H3,(H,18,22)/t10-/m0/s1. The number of carbonyl (C=O) groups excluding carboxylic acids is 1. The molecular weight excluding hydrogens is 378 g/mol. The molecule has 23 heavy (non-hydrogen) atoms. The van der Waals surface area contributed by atoms with Crippen molar-refractivity contribution in [3.05, 3.63) is 28.7 Å². The second-order valence-electron chi connectivity index (χ2n) is 5.20. The number of nitrogen functional groups attached to an aromatic ring is 1. The minimum Gasteiger partial charge on any atom is -0.353 e. The molecule has 0 radical (unpaired) electrons. The number of hydrogen-bond acceptors (Lipinski definition) is 5. The molecule has 1 amide bonds. The van der Waals surface area contributed by atoms with Crippen LogP contribution in [0.5, 0.6) is 0 Å². The van der Waals surface area contributed by atoms with Crippen LogP contribution in [0.25, 0.3) is 11.4 Å². The number of amides is 1. The van der Waals surface area contributed by atoms with E-state index in [1.807, 2.05) is 31.2 Å². The van der Waals surface area contributed by atoms with E-state index >= 15 is 0 Å². The fourth-order valence-electron chi connectivity index (χ4n) is 2.15. The second kappa shape index (κ2) is 8.35. The molecule has 0 aliphatic rings. The molecule has 2 aromatic rings. The first kappa shape index (κ1) is 17.8. The van der Waals surface area contributed by atoms with Crippen LogP contribution in [0.3, 0.4) is 0 Å². The lowest BCUT2D eigenvalue weighted by Crippen LogP contribution is -2.33. The van der Waals surface area contributed by atoms with Gasteiger partial charge in [0.05, 0.1) is 5.75 Å². The van der Waals surface area contributed by atoms with Gasteiger partial charge >= 0.3 is 0 Å². The molecule has 2 rings (SSSR count). The van der Waals surface area contributed by atoms with Gasteiger partial charge in [0.1, 0.15) is 0 Å². The maximum Gasteiger partial charge on any atom is 0.230 e. The number of thioether (sulfide) groups is 1. The molecule has 0 aliphatic heterocycles. The van der Waals surface area contributed by atoms with E-state index in [2.05, 4.69) is 38.4 Å². The van der Waals surface area contributed by atoms with Crippen LogP contribution in [0.4, 0.5) is 0 Å². The molecule has 0 saturated heterocycles. The molecule has 0 fully saturated rings. The van der Waals surface area contributed by atoms with Crippen LogP contribution in [-0.2, 0) is 4.79 Å². The van der Waals surface area contributed by atoms with Crippen molar-refractivity contribution >= 4 is 33.6 Å². The molecule has 0 aliphatic carbocycles. The van der Waals surface area contributed by atoms with Crippen LogP contribution in [0.2, 0.25) is 0 Å². The van der Waals surface area contributed by atoms with E-state index in [-0.39, 0.29) is 17.7 Å². The van der Waals surface area contributed by atoms with Crippen molar-refractivity contribution < 1.29 is 4.79 Å². The number of aromatic nitrogens is 3. The Bertz CT molecular complexity index is 676. The third-order valence-corrected chi connectivity index (χ3v) is 4.88. The third-order valence-electron chi connectivity index (χ3n) is 3.24. The molecule has 3 N–H and O–H groups in total. The van der Waals surface area contributed by atoms with Gasteiger partial charge in [-0.3, -0.25) is 4.79 Å².